The first kappa shape index (κ1) is 13.3. The first-order valence-corrected chi connectivity index (χ1v) is 7.41. The summed E-state index contributed by atoms with van der Waals surface area (Å²) in [6.45, 7) is 2.96. The summed E-state index contributed by atoms with van der Waals surface area (Å²) in [5.41, 5.74) is 1.39. The molecule has 4 nitrogen and oxygen atoms in total. The number of halogens is 1. The lowest BCUT2D eigenvalue weighted by molar-refractivity contribution is 1.05. The minimum Gasteiger partial charge on any atom is -0.364 e. The second kappa shape index (κ2) is 6.15. The third-order valence-corrected chi connectivity index (χ3v) is 4.15. The van der Waals surface area contributed by atoms with Gasteiger partial charge in [-0.3, -0.25) is 0 Å². The monoisotopic (exact) mass is 326 g/mol. The summed E-state index contributed by atoms with van der Waals surface area (Å²) in [5, 5.41) is 8.40. The van der Waals surface area contributed by atoms with E-state index in [0.717, 1.165) is 23.3 Å². The van der Waals surface area contributed by atoms with Gasteiger partial charge < -0.3 is 10.6 Å². The molecule has 0 radical (unpaired) electrons. The molecule has 2 aromatic rings. The summed E-state index contributed by atoms with van der Waals surface area (Å²) in [5.74, 6) is 1.42. The van der Waals surface area contributed by atoms with E-state index in [1.54, 1.807) is 17.5 Å². The smallest absolute Gasteiger partial charge is 0.224 e. The van der Waals surface area contributed by atoms with Crippen LogP contribution in [0.5, 0.6) is 0 Å². The van der Waals surface area contributed by atoms with Crippen molar-refractivity contribution in [2.24, 2.45) is 0 Å². The van der Waals surface area contributed by atoms with Gasteiger partial charge in [-0.15, -0.1) is 11.3 Å². The summed E-state index contributed by atoms with van der Waals surface area (Å²) in [6, 6.07) is 2.18. The van der Waals surface area contributed by atoms with Crippen LogP contribution in [0, 0.1) is 0 Å². The van der Waals surface area contributed by atoms with Gasteiger partial charge in [-0.2, -0.15) is 4.98 Å². The van der Waals surface area contributed by atoms with Crippen LogP contribution in [-0.2, 0) is 13.0 Å². The lowest BCUT2D eigenvalue weighted by Gasteiger charge is -2.08. The molecule has 96 valence electrons. The highest BCUT2D eigenvalue weighted by Crippen LogP contribution is 2.23. The number of nitrogens with one attached hydrogen (secondary N) is 2. The Morgan fingerprint density at radius 2 is 2.28 bits per heavy atom. The van der Waals surface area contributed by atoms with Crippen molar-refractivity contribution in [2.45, 2.75) is 19.9 Å². The van der Waals surface area contributed by atoms with E-state index in [1.807, 2.05) is 7.05 Å². The predicted molar refractivity (Wildman–Crippen MR) is 80.3 cm³/mol. The van der Waals surface area contributed by atoms with Gasteiger partial charge in [-0.1, -0.05) is 6.92 Å². The van der Waals surface area contributed by atoms with E-state index in [1.165, 1.54) is 10.4 Å². The Morgan fingerprint density at radius 1 is 1.44 bits per heavy atom. The number of aromatic nitrogens is 2. The fourth-order valence-electron chi connectivity index (χ4n) is 1.61. The van der Waals surface area contributed by atoms with Crippen LogP contribution in [0.3, 0.4) is 0 Å². The van der Waals surface area contributed by atoms with Gasteiger partial charge in [0, 0.05) is 18.1 Å². The molecular formula is C12H15BrN4S. The molecule has 2 rings (SSSR count). The average molecular weight is 327 g/mol. The van der Waals surface area contributed by atoms with Crippen molar-refractivity contribution in [2.75, 3.05) is 17.7 Å². The van der Waals surface area contributed by atoms with Crippen molar-refractivity contribution < 1.29 is 0 Å². The largest absolute Gasteiger partial charge is 0.364 e. The minimum atomic E-state index is 0.614. The molecule has 0 aliphatic rings. The topological polar surface area (TPSA) is 49.8 Å². The molecular weight excluding hydrogens is 312 g/mol. The summed E-state index contributed by atoms with van der Waals surface area (Å²) >= 11 is 5.22. The molecule has 0 saturated heterocycles. The number of rotatable bonds is 5. The van der Waals surface area contributed by atoms with Gasteiger partial charge in [0.1, 0.15) is 5.82 Å². The Hall–Kier alpha value is -1.14. The fraction of sp³-hybridized carbons (Fsp3) is 0.333. The van der Waals surface area contributed by atoms with E-state index in [9.17, 15) is 0 Å². The standard InChI is InChI=1S/C12H15BrN4S/c1-3-8-4-5-18-10(8)7-15-11-9(13)6-16-12(14-2)17-11/h4-6H,3,7H2,1-2H3,(H2,14,15,16,17). The average Bonchev–Trinajstić information content (AvgIpc) is 2.85. The fourth-order valence-corrected chi connectivity index (χ4v) is 2.86. The van der Waals surface area contributed by atoms with Crippen molar-refractivity contribution in [3.8, 4) is 0 Å². The molecule has 2 heterocycles. The first-order chi connectivity index (χ1) is 8.74. The third-order valence-electron chi connectivity index (χ3n) is 2.60. The maximum absolute atomic E-state index is 4.37. The molecule has 18 heavy (non-hydrogen) atoms. The Bertz CT molecular complexity index is 527. The predicted octanol–water partition coefficient (Wildman–Crippen LogP) is 3.52. The van der Waals surface area contributed by atoms with Gasteiger partial charge in [0.2, 0.25) is 5.95 Å². The first-order valence-electron chi connectivity index (χ1n) is 5.74. The highest BCUT2D eigenvalue weighted by Gasteiger charge is 2.06. The molecule has 0 unspecified atom stereocenters. The Balaban J connectivity index is 2.10. The molecule has 0 atom stereocenters. The zero-order valence-electron chi connectivity index (χ0n) is 10.3. The van der Waals surface area contributed by atoms with Crippen LogP contribution < -0.4 is 10.6 Å². The molecule has 0 fully saturated rings. The SMILES string of the molecule is CCc1ccsc1CNc1nc(NC)ncc1Br. The van der Waals surface area contributed by atoms with Gasteiger partial charge in [0.05, 0.1) is 11.0 Å². The number of nitrogens with zero attached hydrogens (tertiary/aromatic N) is 2. The molecule has 0 aromatic carbocycles. The minimum absolute atomic E-state index is 0.614. The number of hydrogen-bond donors (Lipinski definition) is 2. The van der Waals surface area contributed by atoms with E-state index in [0.29, 0.717) is 5.95 Å². The molecule has 0 amide bonds. The van der Waals surface area contributed by atoms with Crippen LogP contribution in [0.1, 0.15) is 17.4 Å². The van der Waals surface area contributed by atoms with Crippen LogP contribution in [0.4, 0.5) is 11.8 Å². The zero-order chi connectivity index (χ0) is 13.0. The highest BCUT2D eigenvalue weighted by molar-refractivity contribution is 9.10. The van der Waals surface area contributed by atoms with Crippen LogP contribution in [0.2, 0.25) is 0 Å². The normalized spacial score (nSPS) is 10.4. The molecule has 2 N–H and O–H groups in total. The summed E-state index contributed by atoms with van der Waals surface area (Å²) in [6.07, 6.45) is 2.81. The molecule has 2 aromatic heterocycles. The highest BCUT2D eigenvalue weighted by atomic mass is 79.9. The van der Waals surface area contributed by atoms with Crippen molar-refractivity contribution in [1.29, 1.82) is 0 Å². The van der Waals surface area contributed by atoms with Crippen molar-refractivity contribution >= 4 is 39.0 Å². The molecule has 0 bridgehead atoms. The molecule has 0 spiro atoms. The van der Waals surface area contributed by atoms with E-state index in [4.69, 9.17) is 0 Å². The van der Waals surface area contributed by atoms with Gasteiger partial charge in [0.25, 0.3) is 0 Å². The number of anilines is 2. The molecule has 6 heteroatoms. The Morgan fingerprint density at radius 3 is 3.00 bits per heavy atom. The van der Waals surface area contributed by atoms with Crippen molar-refractivity contribution in [3.63, 3.8) is 0 Å². The Labute approximate surface area is 119 Å². The van der Waals surface area contributed by atoms with E-state index >= 15 is 0 Å². The van der Waals surface area contributed by atoms with Gasteiger partial charge in [0.15, 0.2) is 0 Å². The maximum atomic E-state index is 4.37. The van der Waals surface area contributed by atoms with Crippen molar-refractivity contribution in [1.82, 2.24) is 9.97 Å². The van der Waals surface area contributed by atoms with E-state index < -0.39 is 0 Å². The van der Waals surface area contributed by atoms with E-state index in [-0.39, 0.29) is 0 Å². The summed E-state index contributed by atoms with van der Waals surface area (Å²) < 4.78 is 0.871. The lowest BCUT2D eigenvalue weighted by Crippen LogP contribution is -2.05. The molecule has 0 aliphatic heterocycles. The van der Waals surface area contributed by atoms with Gasteiger partial charge in [-0.05, 0) is 39.4 Å². The zero-order valence-corrected chi connectivity index (χ0v) is 12.7. The summed E-state index contributed by atoms with van der Waals surface area (Å²) in [7, 11) is 1.81. The molecule has 0 saturated carbocycles. The van der Waals surface area contributed by atoms with Gasteiger partial charge in [-0.25, -0.2) is 4.98 Å². The Kier molecular flexibility index (Phi) is 4.54. The number of thiophene rings is 1. The van der Waals surface area contributed by atoms with Crippen LogP contribution >= 0.6 is 27.3 Å². The number of aryl methyl sites for hydroxylation is 1. The number of hydrogen-bond acceptors (Lipinski definition) is 5. The second-order valence-corrected chi connectivity index (χ2v) is 5.57. The second-order valence-electron chi connectivity index (χ2n) is 3.72. The van der Waals surface area contributed by atoms with Crippen LogP contribution in [0.25, 0.3) is 0 Å². The van der Waals surface area contributed by atoms with Crippen LogP contribution in [0.15, 0.2) is 22.1 Å². The summed E-state index contributed by atoms with van der Waals surface area (Å²) in [4.78, 5) is 9.86. The van der Waals surface area contributed by atoms with Crippen LogP contribution in [-0.4, -0.2) is 17.0 Å². The van der Waals surface area contributed by atoms with E-state index in [2.05, 4.69) is 54.9 Å². The van der Waals surface area contributed by atoms with Gasteiger partial charge >= 0.3 is 0 Å². The third kappa shape index (κ3) is 3.00. The quantitative estimate of drug-likeness (QED) is 0.882. The maximum Gasteiger partial charge on any atom is 0.224 e. The van der Waals surface area contributed by atoms with Crippen molar-refractivity contribution in [3.05, 3.63) is 32.6 Å². The lowest BCUT2D eigenvalue weighted by atomic mass is 10.2. The molecule has 0 aliphatic carbocycles.